The van der Waals surface area contributed by atoms with Crippen LogP contribution in [0.25, 0.3) is 0 Å². The van der Waals surface area contributed by atoms with E-state index in [1.807, 2.05) is 0 Å². The molecule has 0 heterocycles. The van der Waals surface area contributed by atoms with E-state index >= 15 is 0 Å². The minimum atomic E-state index is -0.649. The maximum atomic E-state index is 10.5. The third-order valence-electron chi connectivity index (χ3n) is 3.81. The van der Waals surface area contributed by atoms with Gasteiger partial charge in [0.1, 0.15) is 0 Å². The first-order valence-corrected chi connectivity index (χ1v) is 7.92. The summed E-state index contributed by atoms with van der Waals surface area (Å²) in [6, 6.07) is 0. The molecule has 109 valence electrons. The molecule has 0 fully saturated rings. The standard InChI is InChI=1S/C16H32O2.Rb/c1-3-5-6-7-8-9-10-11-12-15(4-2)13-14-16(17)18;/h15H,3-14H2,1-2H3,(H,17,18);. The van der Waals surface area contributed by atoms with E-state index in [1.54, 1.807) is 0 Å². The molecule has 0 bridgehead atoms. The molecule has 0 aromatic rings. The Bertz CT molecular complexity index is 195. The third kappa shape index (κ3) is 17.2. The van der Waals surface area contributed by atoms with Crippen molar-refractivity contribution in [3.05, 3.63) is 0 Å². The second kappa shape index (κ2) is 17.3. The predicted octanol–water partition coefficient (Wildman–Crippen LogP) is 5.03. The Hall–Kier alpha value is 1.28. The van der Waals surface area contributed by atoms with Crippen molar-refractivity contribution in [3.8, 4) is 0 Å². The van der Waals surface area contributed by atoms with Crippen LogP contribution in [0.2, 0.25) is 0 Å². The third-order valence-corrected chi connectivity index (χ3v) is 3.81. The van der Waals surface area contributed by atoms with Gasteiger partial charge in [-0.1, -0.05) is 78.1 Å². The van der Waals surface area contributed by atoms with E-state index < -0.39 is 5.97 Å². The van der Waals surface area contributed by atoms with Gasteiger partial charge in [0.25, 0.3) is 0 Å². The van der Waals surface area contributed by atoms with Crippen LogP contribution in [0, 0.1) is 5.92 Å². The molecule has 1 unspecified atom stereocenters. The average molecular weight is 342 g/mol. The van der Waals surface area contributed by atoms with Crippen LogP contribution in [0.15, 0.2) is 0 Å². The van der Waals surface area contributed by atoms with Gasteiger partial charge in [-0.3, -0.25) is 4.79 Å². The molecule has 2 nitrogen and oxygen atoms in total. The Balaban J connectivity index is 0. The smallest absolute Gasteiger partial charge is 0.303 e. The number of carbonyl (C=O) groups is 1. The van der Waals surface area contributed by atoms with Crippen molar-refractivity contribution in [2.24, 2.45) is 5.92 Å². The minimum absolute atomic E-state index is 0. The summed E-state index contributed by atoms with van der Waals surface area (Å²) in [7, 11) is 0. The first-order chi connectivity index (χ1) is 8.70. The Morgan fingerprint density at radius 2 is 1.42 bits per heavy atom. The number of hydrogen-bond acceptors (Lipinski definition) is 1. The van der Waals surface area contributed by atoms with E-state index in [2.05, 4.69) is 13.8 Å². The summed E-state index contributed by atoms with van der Waals surface area (Å²) >= 11 is 0. The van der Waals surface area contributed by atoms with Gasteiger partial charge in [-0.15, -0.1) is 0 Å². The van der Waals surface area contributed by atoms with Crippen LogP contribution in [0.1, 0.15) is 90.9 Å². The maximum absolute atomic E-state index is 10.5. The molecule has 1 N–H and O–H groups in total. The zero-order chi connectivity index (χ0) is 13.6. The van der Waals surface area contributed by atoms with Crippen molar-refractivity contribution >= 4 is 64.2 Å². The fraction of sp³-hybridized carbons (Fsp3) is 0.938. The van der Waals surface area contributed by atoms with E-state index in [-0.39, 0.29) is 58.2 Å². The summed E-state index contributed by atoms with van der Waals surface area (Å²) in [6.45, 7) is 4.43. The molecule has 0 saturated heterocycles. The van der Waals surface area contributed by atoms with Crippen LogP contribution in [0.5, 0.6) is 0 Å². The van der Waals surface area contributed by atoms with Gasteiger partial charge in [-0.2, -0.15) is 0 Å². The zero-order valence-electron chi connectivity index (χ0n) is 13.4. The number of aliphatic carboxylic acids is 1. The Labute approximate surface area is 168 Å². The van der Waals surface area contributed by atoms with Crippen LogP contribution in [0.4, 0.5) is 0 Å². The van der Waals surface area contributed by atoms with Crippen LogP contribution in [-0.2, 0) is 4.79 Å². The van der Waals surface area contributed by atoms with Crippen LogP contribution < -0.4 is 0 Å². The quantitative estimate of drug-likeness (QED) is 0.477. The van der Waals surface area contributed by atoms with Crippen molar-refractivity contribution < 1.29 is 9.90 Å². The van der Waals surface area contributed by atoms with Gasteiger partial charge in [0.15, 0.2) is 0 Å². The molecule has 0 amide bonds. The Kier molecular flexibility index (Phi) is 20.6. The molecule has 0 aliphatic carbocycles. The number of carboxylic acids is 1. The second-order valence-electron chi connectivity index (χ2n) is 5.47. The fourth-order valence-electron chi connectivity index (χ4n) is 2.45. The molecule has 0 rings (SSSR count). The number of unbranched alkanes of at least 4 members (excludes halogenated alkanes) is 7. The summed E-state index contributed by atoms with van der Waals surface area (Å²) in [5.74, 6) is -0.0226. The molecule has 0 aromatic carbocycles. The van der Waals surface area contributed by atoms with Crippen molar-refractivity contribution in [2.45, 2.75) is 90.9 Å². The van der Waals surface area contributed by atoms with Crippen LogP contribution in [0.3, 0.4) is 0 Å². The number of rotatable bonds is 13. The maximum Gasteiger partial charge on any atom is 0.303 e. The second-order valence-corrected chi connectivity index (χ2v) is 5.47. The first kappa shape index (κ1) is 22.6. The monoisotopic (exact) mass is 341 g/mol. The Morgan fingerprint density at radius 1 is 0.895 bits per heavy atom. The normalized spacial score (nSPS) is 11.9. The van der Waals surface area contributed by atoms with E-state index in [0.717, 1.165) is 12.8 Å². The molecule has 19 heavy (non-hydrogen) atoms. The predicted molar refractivity (Wildman–Crippen MR) is 83.6 cm³/mol. The first-order valence-electron chi connectivity index (χ1n) is 7.92. The van der Waals surface area contributed by atoms with E-state index in [4.69, 9.17) is 5.11 Å². The van der Waals surface area contributed by atoms with Gasteiger partial charge in [-0.25, -0.2) is 0 Å². The van der Waals surface area contributed by atoms with E-state index in [1.165, 1.54) is 57.8 Å². The molecule has 1 radical (unpaired) electrons. The molecule has 0 spiro atoms. The molecule has 0 aromatic heterocycles. The molecular formula is C16H32O2Rb. The van der Waals surface area contributed by atoms with Crippen LogP contribution >= 0.6 is 0 Å². The number of carboxylic acid groups (broad SMARTS) is 1. The van der Waals surface area contributed by atoms with E-state index in [0.29, 0.717) is 12.3 Å². The Morgan fingerprint density at radius 3 is 1.89 bits per heavy atom. The van der Waals surface area contributed by atoms with Gasteiger partial charge in [-0.05, 0) is 12.3 Å². The summed E-state index contributed by atoms with van der Waals surface area (Å²) < 4.78 is 0. The topological polar surface area (TPSA) is 37.3 Å². The number of hydrogen-bond donors (Lipinski definition) is 1. The summed E-state index contributed by atoms with van der Waals surface area (Å²) in [5.41, 5.74) is 0. The largest absolute Gasteiger partial charge is 0.481 e. The van der Waals surface area contributed by atoms with Crippen molar-refractivity contribution in [1.29, 1.82) is 0 Å². The van der Waals surface area contributed by atoms with Crippen molar-refractivity contribution in [3.63, 3.8) is 0 Å². The SMILES string of the molecule is CCCCCCCCCCC(CC)CCC(=O)O.[Rb]. The fourth-order valence-corrected chi connectivity index (χ4v) is 2.45. The van der Waals surface area contributed by atoms with Crippen molar-refractivity contribution in [2.75, 3.05) is 0 Å². The molecular weight excluding hydrogens is 310 g/mol. The van der Waals surface area contributed by atoms with Gasteiger partial charge in [0, 0.05) is 64.6 Å². The van der Waals surface area contributed by atoms with Crippen molar-refractivity contribution in [1.82, 2.24) is 0 Å². The van der Waals surface area contributed by atoms with Gasteiger partial charge < -0.3 is 5.11 Å². The summed E-state index contributed by atoms with van der Waals surface area (Å²) in [4.78, 5) is 10.5. The summed E-state index contributed by atoms with van der Waals surface area (Å²) in [5, 5.41) is 8.67. The van der Waals surface area contributed by atoms with Gasteiger partial charge in [0.05, 0.1) is 0 Å². The minimum Gasteiger partial charge on any atom is -0.481 e. The molecule has 0 saturated carbocycles. The molecule has 1 atom stereocenters. The average Bonchev–Trinajstić information content (AvgIpc) is 2.36. The zero-order valence-corrected chi connectivity index (χ0v) is 18.3. The van der Waals surface area contributed by atoms with E-state index in [9.17, 15) is 4.79 Å². The van der Waals surface area contributed by atoms with Gasteiger partial charge in [0.2, 0.25) is 0 Å². The molecule has 0 aliphatic heterocycles. The summed E-state index contributed by atoms with van der Waals surface area (Å²) in [6.07, 6.45) is 14.4. The van der Waals surface area contributed by atoms with Gasteiger partial charge >= 0.3 is 5.97 Å². The van der Waals surface area contributed by atoms with Crippen LogP contribution in [-0.4, -0.2) is 69.3 Å². The molecule has 3 heteroatoms. The molecule has 0 aliphatic rings.